The number of nitrogens with zero attached hydrogens (tertiary/aromatic N) is 3. The lowest BCUT2D eigenvalue weighted by Gasteiger charge is -2.36. The van der Waals surface area contributed by atoms with Crippen LogP contribution in [0.15, 0.2) is 18.6 Å². The normalized spacial score (nSPS) is 17.6. The van der Waals surface area contributed by atoms with E-state index < -0.39 is 17.9 Å². The van der Waals surface area contributed by atoms with Crippen LogP contribution in [0.4, 0.5) is 5.82 Å². The lowest BCUT2D eigenvalue weighted by atomic mass is 9.94. The van der Waals surface area contributed by atoms with Gasteiger partial charge in [-0.05, 0) is 19.4 Å². The topological polar surface area (TPSA) is 127 Å². The number of aromatic nitrogens is 3. The van der Waals surface area contributed by atoms with Crippen LogP contribution in [0, 0.1) is 0 Å². The maximum Gasteiger partial charge on any atom is 0.165 e. The third kappa shape index (κ3) is 2.70. The molecule has 8 heteroatoms. The highest BCUT2D eigenvalue weighted by molar-refractivity contribution is 5.86. The number of hydrogen-bond acceptors (Lipinski definition) is 7. The van der Waals surface area contributed by atoms with E-state index in [4.69, 9.17) is 15.6 Å². The predicted molar refractivity (Wildman–Crippen MR) is 76.3 cm³/mol. The largest absolute Gasteiger partial charge is 0.396 e. The van der Waals surface area contributed by atoms with E-state index in [1.165, 1.54) is 20.4 Å². The van der Waals surface area contributed by atoms with Gasteiger partial charge in [0.05, 0.1) is 11.5 Å². The van der Waals surface area contributed by atoms with Crippen molar-refractivity contribution in [1.82, 2.24) is 14.5 Å². The molecule has 0 amide bonds. The fourth-order valence-corrected chi connectivity index (χ4v) is 2.39. The Morgan fingerprint density at radius 2 is 2.19 bits per heavy atom. The predicted octanol–water partition coefficient (Wildman–Crippen LogP) is -0.347. The fraction of sp³-hybridized carbons (Fsp3) is 0.538. The molecule has 2 aromatic heterocycles. The summed E-state index contributed by atoms with van der Waals surface area (Å²) in [5.74, 6) is 0.323. The van der Waals surface area contributed by atoms with Crippen molar-refractivity contribution in [3.8, 4) is 0 Å². The molecule has 0 aromatic carbocycles. The maximum absolute atomic E-state index is 10.6. The molecular weight excluding hydrogens is 276 g/mol. The molecule has 0 fully saturated rings. The number of rotatable bonds is 6. The average molecular weight is 296 g/mol. The number of methoxy groups -OCH3 is 1. The molecular formula is C13H20N4O4. The zero-order chi connectivity index (χ0) is 15.6. The van der Waals surface area contributed by atoms with Crippen molar-refractivity contribution in [2.45, 2.75) is 31.3 Å². The second kappa shape index (κ2) is 5.94. The van der Waals surface area contributed by atoms with Gasteiger partial charge in [0, 0.05) is 19.9 Å². The van der Waals surface area contributed by atoms with Crippen molar-refractivity contribution in [3.05, 3.63) is 18.6 Å². The minimum Gasteiger partial charge on any atom is -0.396 e. The van der Waals surface area contributed by atoms with Crippen molar-refractivity contribution in [2.75, 3.05) is 19.5 Å². The summed E-state index contributed by atoms with van der Waals surface area (Å²) in [5, 5.41) is 30.2. The Labute approximate surface area is 121 Å². The Bertz CT molecular complexity index is 613. The summed E-state index contributed by atoms with van der Waals surface area (Å²) in [6, 6.07) is 1.71. The van der Waals surface area contributed by atoms with Crippen LogP contribution in [-0.2, 0) is 4.74 Å². The smallest absolute Gasteiger partial charge is 0.165 e. The summed E-state index contributed by atoms with van der Waals surface area (Å²) in [5.41, 5.74) is 4.65. The third-order valence-electron chi connectivity index (χ3n) is 3.59. The lowest BCUT2D eigenvalue weighted by molar-refractivity contribution is -0.177. The van der Waals surface area contributed by atoms with Gasteiger partial charge in [0.2, 0.25) is 0 Å². The van der Waals surface area contributed by atoms with Gasteiger partial charge in [0.1, 0.15) is 23.4 Å². The highest BCUT2D eigenvalue weighted by atomic mass is 16.5. The van der Waals surface area contributed by atoms with E-state index in [0.29, 0.717) is 16.9 Å². The van der Waals surface area contributed by atoms with E-state index in [1.807, 2.05) is 0 Å². The second-order valence-electron chi connectivity index (χ2n) is 5.06. The van der Waals surface area contributed by atoms with Gasteiger partial charge >= 0.3 is 0 Å². The van der Waals surface area contributed by atoms with Gasteiger partial charge in [0.15, 0.2) is 6.23 Å². The van der Waals surface area contributed by atoms with Gasteiger partial charge in [-0.3, -0.25) is 0 Å². The molecule has 116 valence electrons. The zero-order valence-electron chi connectivity index (χ0n) is 12.0. The molecule has 21 heavy (non-hydrogen) atoms. The molecule has 2 rings (SSSR count). The second-order valence-corrected chi connectivity index (χ2v) is 5.06. The number of nitrogens with two attached hydrogens (primary N) is 1. The van der Waals surface area contributed by atoms with Crippen LogP contribution in [0.2, 0.25) is 0 Å². The zero-order valence-corrected chi connectivity index (χ0v) is 12.0. The quantitative estimate of drug-likeness (QED) is 0.574. The number of anilines is 1. The Morgan fingerprint density at radius 3 is 2.81 bits per heavy atom. The van der Waals surface area contributed by atoms with Gasteiger partial charge in [-0.1, -0.05) is 0 Å². The molecule has 2 aromatic rings. The molecule has 0 unspecified atom stereocenters. The Kier molecular flexibility index (Phi) is 4.43. The Balaban J connectivity index is 2.47. The molecule has 0 bridgehead atoms. The monoisotopic (exact) mass is 296 g/mol. The molecule has 0 spiro atoms. The number of fused-ring (bicyclic) bond motifs is 1. The summed E-state index contributed by atoms with van der Waals surface area (Å²) >= 11 is 0. The number of aliphatic hydroxyl groups is 3. The van der Waals surface area contributed by atoms with Crippen LogP contribution in [-0.4, -0.2) is 55.3 Å². The first-order chi connectivity index (χ1) is 9.93. The van der Waals surface area contributed by atoms with Gasteiger partial charge in [-0.25, -0.2) is 9.97 Å². The molecule has 5 N–H and O–H groups in total. The van der Waals surface area contributed by atoms with Crippen LogP contribution in [0.5, 0.6) is 0 Å². The van der Waals surface area contributed by atoms with E-state index in [2.05, 4.69) is 9.97 Å². The first kappa shape index (κ1) is 15.6. The molecule has 3 atom stereocenters. The van der Waals surface area contributed by atoms with Crippen LogP contribution in [0.1, 0.15) is 19.6 Å². The summed E-state index contributed by atoms with van der Waals surface area (Å²) in [6.45, 7) is 1.20. The van der Waals surface area contributed by atoms with E-state index in [-0.39, 0.29) is 13.0 Å². The van der Waals surface area contributed by atoms with Crippen molar-refractivity contribution in [1.29, 1.82) is 0 Å². The van der Waals surface area contributed by atoms with Crippen molar-refractivity contribution < 1.29 is 20.1 Å². The highest BCUT2D eigenvalue weighted by Gasteiger charge is 2.40. The van der Waals surface area contributed by atoms with Crippen LogP contribution in [0.25, 0.3) is 11.0 Å². The van der Waals surface area contributed by atoms with E-state index in [0.717, 1.165) is 0 Å². The molecule has 0 aliphatic heterocycles. The van der Waals surface area contributed by atoms with Gasteiger partial charge in [-0.15, -0.1) is 0 Å². The number of nitrogen functional groups attached to an aromatic ring is 1. The molecule has 0 saturated heterocycles. The summed E-state index contributed by atoms with van der Waals surface area (Å²) in [7, 11) is 1.42. The SMILES string of the molecule is CO[C@@H](n1ccc2c(N)ncnc21)[C@](C)(O)[C@H](O)CCO. The summed E-state index contributed by atoms with van der Waals surface area (Å²) < 4.78 is 6.92. The van der Waals surface area contributed by atoms with E-state index in [1.54, 1.807) is 16.8 Å². The lowest BCUT2D eigenvalue weighted by Crippen LogP contribution is -2.48. The van der Waals surface area contributed by atoms with Gasteiger partial charge in [-0.2, -0.15) is 0 Å². The maximum atomic E-state index is 10.6. The van der Waals surface area contributed by atoms with Crippen LogP contribution >= 0.6 is 0 Å². The summed E-state index contributed by atoms with van der Waals surface area (Å²) in [4.78, 5) is 8.04. The highest BCUT2D eigenvalue weighted by Crippen LogP contribution is 2.32. The molecule has 2 heterocycles. The molecule has 8 nitrogen and oxygen atoms in total. The van der Waals surface area contributed by atoms with E-state index in [9.17, 15) is 10.2 Å². The van der Waals surface area contributed by atoms with Gasteiger partial charge in [0.25, 0.3) is 0 Å². The molecule has 0 aliphatic rings. The number of aliphatic hydroxyl groups excluding tert-OH is 2. The standard InChI is InChI=1S/C13H20N4O4/c1-13(20,9(19)4-6-18)12(21-2)17-5-3-8-10(14)15-7-16-11(8)17/h3,5,7,9,12,18-20H,4,6H2,1-2H3,(H2,14,15,16)/t9-,12-,13-/m1/s1. The van der Waals surface area contributed by atoms with Crippen molar-refractivity contribution >= 4 is 16.9 Å². The summed E-state index contributed by atoms with van der Waals surface area (Å²) in [6.07, 6.45) is 0.947. The molecule has 0 radical (unpaired) electrons. The van der Waals surface area contributed by atoms with Crippen molar-refractivity contribution in [3.63, 3.8) is 0 Å². The minimum absolute atomic E-state index is 0.0309. The van der Waals surface area contributed by atoms with Gasteiger partial charge < -0.3 is 30.4 Å². The number of ether oxygens (including phenoxy) is 1. The average Bonchev–Trinajstić information content (AvgIpc) is 2.85. The first-order valence-electron chi connectivity index (χ1n) is 6.54. The minimum atomic E-state index is -1.62. The Morgan fingerprint density at radius 1 is 1.48 bits per heavy atom. The third-order valence-corrected chi connectivity index (χ3v) is 3.59. The fourth-order valence-electron chi connectivity index (χ4n) is 2.39. The molecule has 0 aliphatic carbocycles. The number of hydrogen-bond donors (Lipinski definition) is 4. The van der Waals surface area contributed by atoms with Crippen molar-refractivity contribution in [2.24, 2.45) is 0 Å². The molecule has 0 saturated carbocycles. The first-order valence-corrected chi connectivity index (χ1v) is 6.54. The van der Waals surface area contributed by atoms with Crippen LogP contribution < -0.4 is 5.73 Å². The van der Waals surface area contributed by atoms with E-state index >= 15 is 0 Å². The van der Waals surface area contributed by atoms with Crippen LogP contribution in [0.3, 0.4) is 0 Å². The Hall–Kier alpha value is -1.74.